The summed E-state index contributed by atoms with van der Waals surface area (Å²) < 4.78 is 0. The second kappa shape index (κ2) is 2.75. The molecule has 1 unspecified atom stereocenters. The molecular weight excluding hydrogens is 98.1 g/mol. The van der Waals surface area contributed by atoms with Gasteiger partial charge in [0.05, 0.1) is 0 Å². The lowest BCUT2D eigenvalue weighted by atomic mass is 10.0. The quantitative estimate of drug-likeness (QED) is 0.541. The molecule has 46 valence electrons. The fourth-order valence-electron chi connectivity index (χ4n) is 0.993. The zero-order chi connectivity index (χ0) is 5.82. The normalized spacial score (nSPS) is 27.4. The molecule has 1 atom stereocenters. The highest BCUT2D eigenvalue weighted by atomic mass is 14.8. The van der Waals surface area contributed by atoms with Crippen molar-refractivity contribution >= 4 is 0 Å². The van der Waals surface area contributed by atoms with E-state index in [1.165, 1.54) is 12.8 Å². The van der Waals surface area contributed by atoms with E-state index in [9.17, 15) is 0 Å². The second-order valence-corrected chi connectivity index (χ2v) is 2.27. The van der Waals surface area contributed by atoms with Crippen molar-refractivity contribution in [1.29, 1.82) is 0 Å². The van der Waals surface area contributed by atoms with Crippen LogP contribution in [0.25, 0.3) is 0 Å². The van der Waals surface area contributed by atoms with Crippen molar-refractivity contribution in [1.82, 2.24) is 5.32 Å². The third-order valence-corrected chi connectivity index (χ3v) is 1.67. The second-order valence-electron chi connectivity index (χ2n) is 2.27. The van der Waals surface area contributed by atoms with Gasteiger partial charge in [0.2, 0.25) is 0 Å². The molecule has 0 saturated carbocycles. The Bertz CT molecular complexity index is 86.4. The Morgan fingerprint density at radius 1 is 1.75 bits per heavy atom. The molecule has 0 amide bonds. The van der Waals surface area contributed by atoms with Crippen molar-refractivity contribution in [3.8, 4) is 0 Å². The average molecular weight is 111 g/mol. The summed E-state index contributed by atoms with van der Waals surface area (Å²) in [6.45, 7) is 3.40. The van der Waals surface area contributed by atoms with Gasteiger partial charge in [-0.25, -0.2) is 0 Å². The van der Waals surface area contributed by atoms with Gasteiger partial charge in [-0.1, -0.05) is 13.0 Å². The predicted molar refractivity (Wildman–Crippen MR) is 35.5 cm³/mol. The molecule has 1 N–H and O–H groups in total. The molecular formula is C7H13N. The first-order chi connectivity index (χ1) is 3.93. The lowest BCUT2D eigenvalue weighted by Crippen LogP contribution is -2.16. The number of hydrogen-bond donors (Lipinski definition) is 1. The van der Waals surface area contributed by atoms with E-state index < -0.39 is 0 Å². The lowest BCUT2D eigenvalue weighted by Gasteiger charge is -2.14. The molecule has 0 spiro atoms. The minimum atomic E-state index is 0.844. The van der Waals surface area contributed by atoms with E-state index in [1.807, 2.05) is 0 Å². The first-order valence-electron chi connectivity index (χ1n) is 3.33. The fourth-order valence-corrected chi connectivity index (χ4v) is 0.993. The molecule has 0 radical (unpaired) electrons. The van der Waals surface area contributed by atoms with E-state index in [0.717, 1.165) is 12.5 Å². The van der Waals surface area contributed by atoms with Crippen molar-refractivity contribution in [3.05, 3.63) is 12.3 Å². The maximum absolute atomic E-state index is 3.17. The maximum Gasteiger partial charge on any atom is 0.0146 e. The Morgan fingerprint density at radius 2 is 2.62 bits per heavy atom. The van der Waals surface area contributed by atoms with Gasteiger partial charge in [0, 0.05) is 6.54 Å². The summed E-state index contributed by atoms with van der Waals surface area (Å²) in [6.07, 6.45) is 6.92. The molecule has 1 aliphatic rings. The molecule has 0 saturated heterocycles. The highest BCUT2D eigenvalue weighted by Gasteiger charge is 2.02. The summed E-state index contributed by atoms with van der Waals surface area (Å²) in [7, 11) is 0. The van der Waals surface area contributed by atoms with Crippen LogP contribution < -0.4 is 5.32 Å². The van der Waals surface area contributed by atoms with Crippen LogP contribution in [0.1, 0.15) is 19.8 Å². The highest BCUT2D eigenvalue weighted by molar-refractivity contribution is 4.90. The molecule has 0 aliphatic carbocycles. The summed E-state index contributed by atoms with van der Waals surface area (Å²) in [4.78, 5) is 0. The van der Waals surface area contributed by atoms with Crippen LogP contribution in [0.15, 0.2) is 12.3 Å². The lowest BCUT2D eigenvalue weighted by molar-refractivity contribution is 0.533. The largest absolute Gasteiger partial charge is 0.391 e. The summed E-state index contributed by atoms with van der Waals surface area (Å²) in [6, 6.07) is 0. The Labute approximate surface area is 50.8 Å². The molecule has 1 aliphatic heterocycles. The van der Waals surface area contributed by atoms with E-state index in [0.29, 0.717) is 0 Å². The zero-order valence-electron chi connectivity index (χ0n) is 5.35. The van der Waals surface area contributed by atoms with Crippen LogP contribution in [0.5, 0.6) is 0 Å². The van der Waals surface area contributed by atoms with Gasteiger partial charge in [0.1, 0.15) is 0 Å². The monoisotopic (exact) mass is 111 g/mol. The van der Waals surface area contributed by atoms with Crippen molar-refractivity contribution in [2.45, 2.75) is 19.8 Å². The molecule has 0 aromatic heterocycles. The Balaban J connectivity index is 2.32. The van der Waals surface area contributed by atoms with Gasteiger partial charge < -0.3 is 5.32 Å². The van der Waals surface area contributed by atoms with Crippen LogP contribution >= 0.6 is 0 Å². The molecule has 0 fully saturated rings. The molecule has 8 heavy (non-hydrogen) atoms. The third-order valence-electron chi connectivity index (χ3n) is 1.67. The number of rotatable bonds is 1. The van der Waals surface area contributed by atoms with Crippen molar-refractivity contribution < 1.29 is 0 Å². The smallest absolute Gasteiger partial charge is 0.0146 e. The van der Waals surface area contributed by atoms with Gasteiger partial charge in [-0.15, -0.1) is 0 Å². The minimum absolute atomic E-state index is 0.844. The molecule has 0 aromatic carbocycles. The van der Waals surface area contributed by atoms with E-state index in [2.05, 4.69) is 24.5 Å². The van der Waals surface area contributed by atoms with Gasteiger partial charge in [0.15, 0.2) is 0 Å². The molecule has 0 bridgehead atoms. The van der Waals surface area contributed by atoms with Gasteiger partial charge in [0.25, 0.3) is 0 Å². The van der Waals surface area contributed by atoms with Crippen LogP contribution in [0.3, 0.4) is 0 Å². The SMILES string of the molecule is CCC1C=CNCC1. The van der Waals surface area contributed by atoms with Gasteiger partial charge >= 0.3 is 0 Å². The average Bonchev–Trinajstić information content (AvgIpc) is 1.90. The Kier molecular flexibility index (Phi) is 1.95. The molecule has 0 aromatic rings. The Morgan fingerprint density at radius 3 is 3.00 bits per heavy atom. The van der Waals surface area contributed by atoms with Crippen molar-refractivity contribution in [2.24, 2.45) is 5.92 Å². The summed E-state index contributed by atoms with van der Waals surface area (Å²) in [5.41, 5.74) is 0. The van der Waals surface area contributed by atoms with Gasteiger partial charge in [-0.3, -0.25) is 0 Å². The van der Waals surface area contributed by atoms with E-state index >= 15 is 0 Å². The van der Waals surface area contributed by atoms with E-state index in [4.69, 9.17) is 0 Å². The molecule has 1 rings (SSSR count). The topological polar surface area (TPSA) is 12.0 Å². The number of allylic oxidation sites excluding steroid dienone is 1. The molecule has 1 heterocycles. The fraction of sp³-hybridized carbons (Fsp3) is 0.714. The summed E-state index contributed by atoms with van der Waals surface area (Å²) in [5, 5.41) is 3.17. The number of hydrogen-bond acceptors (Lipinski definition) is 1. The molecule has 1 heteroatoms. The van der Waals surface area contributed by atoms with Crippen LogP contribution in [0, 0.1) is 5.92 Å². The first-order valence-corrected chi connectivity index (χ1v) is 3.33. The van der Waals surface area contributed by atoms with E-state index in [-0.39, 0.29) is 0 Å². The zero-order valence-corrected chi connectivity index (χ0v) is 5.35. The molecule has 1 nitrogen and oxygen atoms in total. The highest BCUT2D eigenvalue weighted by Crippen LogP contribution is 2.10. The van der Waals surface area contributed by atoms with Gasteiger partial charge in [-0.2, -0.15) is 0 Å². The third kappa shape index (κ3) is 1.25. The first kappa shape index (κ1) is 5.67. The summed E-state index contributed by atoms with van der Waals surface area (Å²) >= 11 is 0. The van der Waals surface area contributed by atoms with Gasteiger partial charge in [-0.05, 0) is 25.0 Å². The van der Waals surface area contributed by atoms with Crippen LogP contribution in [-0.4, -0.2) is 6.54 Å². The number of nitrogens with one attached hydrogen (secondary N) is 1. The maximum atomic E-state index is 3.17. The summed E-state index contributed by atoms with van der Waals surface area (Å²) in [5.74, 6) is 0.844. The standard InChI is InChI=1S/C7H13N/c1-2-7-3-5-8-6-4-7/h3,5,7-8H,2,4,6H2,1H3. The predicted octanol–water partition coefficient (Wildman–Crippen LogP) is 1.52. The van der Waals surface area contributed by atoms with Crippen LogP contribution in [-0.2, 0) is 0 Å². The Hall–Kier alpha value is -0.460. The minimum Gasteiger partial charge on any atom is -0.391 e. The van der Waals surface area contributed by atoms with E-state index in [1.54, 1.807) is 0 Å². The van der Waals surface area contributed by atoms with Crippen LogP contribution in [0.4, 0.5) is 0 Å². The van der Waals surface area contributed by atoms with Crippen LogP contribution in [0.2, 0.25) is 0 Å². The van der Waals surface area contributed by atoms with Crippen molar-refractivity contribution in [2.75, 3.05) is 6.54 Å². The van der Waals surface area contributed by atoms with Crippen molar-refractivity contribution in [3.63, 3.8) is 0 Å².